The van der Waals surface area contributed by atoms with Crippen molar-refractivity contribution >= 4 is 63.7 Å². The van der Waals surface area contributed by atoms with E-state index >= 15 is 0 Å². The van der Waals surface area contributed by atoms with E-state index in [-0.39, 0.29) is 39.4 Å². The Morgan fingerprint density at radius 3 is 2.26 bits per heavy atom. The van der Waals surface area contributed by atoms with E-state index in [1.165, 1.54) is 50.4 Å². The Hall–Kier alpha value is -4.06. The minimum atomic E-state index is -0.558. The summed E-state index contributed by atoms with van der Waals surface area (Å²) < 4.78 is 10.6. The maximum absolute atomic E-state index is 13.3. The number of amides is 2. The van der Waals surface area contributed by atoms with Gasteiger partial charge in [0, 0.05) is 62.1 Å². The first kappa shape index (κ1) is 33.3. The molecule has 2 heterocycles. The molecule has 0 bridgehead atoms. The number of benzene rings is 2. The fourth-order valence-corrected chi connectivity index (χ4v) is 6.24. The maximum atomic E-state index is 13.3. The highest BCUT2D eigenvalue weighted by molar-refractivity contribution is 6.41. The standard InChI is InChI=1S/C33H39Cl2N7O4/c1-6-24(43)16-20-15-23(42-13-11-22(12-14-42)40(2)21-7-8-21)9-10-25(20)38-28-18-29(37-19-36-28)41(3)33(44)39-32-30(34)26(45-4)17-27(46-5)31(32)35/h6,9-10,15,17-19,21-22H,1,7-8,11-14,16H2,2-5H3,(H,39,44)(H,36,37,38). The molecule has 1 aliphatic carbocycles. The molecule has 2 amide bonds. The minimum Gasteiger partial charge on any atom is -0.495 e. The van der Waals surface area contributed by atoms with Gasteiger partial charge in [0.25, 0.3) is 0 Å². The number of rotatable bonds is 12. The molecule has 1 saturated carbocycles. The van der Waals surface area contributed by atoms with Crippen molar-refractivity contribution in [3.63, 3.8) is 0 Å². The third-order valence-electron chi connectivity index (χ3n) is 8.58. The van der Waals surface area contributed by atoms with E-state index in [4.69, 9.17) is 32.7 Å². The van der Waals surface area contributed by atoms with Gasteiger partial charge in [0.2, 0.25) is 0 Å². The monoisotopic (exact) mass is 667 g/mol. The van der Waals surface area contributed by atoms with Crippen LogP contribution in [0.4, 0.5) is 33.5 Å². The first-order valence-corrected chi connectivity index (χ1v) is 15.9. The topological polar surface area (TPSA) is 112 Å². The second-order valence-corrected chi connectivity index (χ2v) is 12.2. The highest BCUT2D eigenvalue weighted by Gasteiger charge is 2.33. The average molecular weight is 669 g/mol. The molecule has 0 atom stereocenters. The first-order valence-electron chi connectivity index (χ1n) is 15.1. The van der Waals surface area contributed by atoms with E-state index in [1.54, 1.807) is 13.1 Å². The van der Waals surface area contributed by atoms with Crippen LogP contribution in [0.15, 0.2) is 49.3 Å². The van der Waals surface area contributed by atoms with E-state index in [9.17, 15) is 9.59 Å². The van der Waals surface area contributed by atoms with Crippen LogP contribution in [0.5, 0.6) is 11.5 Å². The van der Waals surface area contributed by atoms with Crippen LogP contribution >= 0.6 is 23.2 Å². The smallest absolute Gasteiger partial charge is 0.327 e. The number of anilines is 5. The van der Waals surface area contributed by atoms with Crippen LogP contribution in [0.3, 0.4) is 0 Å². The van der Waals surface area contributed by atoms with Crippen LogP contribution < -0.4 is 29.9 Å². The molecular weight excluding hydrogens is 629 g/mol. The molecule has 2 fully saturated rings. The zero-order chi connectivity index (χ0) is 33.0. The number of nitrogens with zero attached hydrogens (tertiary/aromatic N) is 5. The number of nitrogens with one attached hydrogen (secondary N) is 2. The molecule has 2 aromatic carbocycles. The number of piperidine rings is 1. The largest absolute Gasteiger partial charge is 0.495 e. The summed E-state index contributed by atoms with van der Waals surface area (Å²) in [6.07, 6.45) is 7.72. The molecule has 0 unspecified atom stereocenters. The van der Waals surface area contributed by atoms with Gasteiger partial charge in [-0.2, -0.15) is 0 Å². The van der Waals surface area contributed by atoms with Gasteiger partial charge in [-0.05, 0) is 62.6 Å². The number of carbonyl (C=O) groups excluding carboxylic acids is 2. The number of halogens is 2. The summed E-state index contributed by atoms with van der Waals surface area (Å²) >= 11 is 12.9. The molecule has 5 rings (SSSR count). The fourth-order valence-electron chi connectivity index (χ4n) is 5.64. The van der Waals surface area contributed by atoms with E-state index < -0.39 is 6.03 Å². The number of hydrogen-bond donors (Lipinski definition) is 2. The summed E-state index contributed by atoms with van der Waals surface area (Å²) in [5.74, 6) is 1.23. The van der Waals surface area contributed by atoms with Crippen molar-refractivity contribution in [2.75, 3.05) is 61.8 Å². The Labute approximate surface area is 279 Å². The number of methoxy groups -OCH3 is 2. The van der Waals surface area contributed by atoms with Crippen molar-refractivity contribution in [1.82, 2.24) is 14.9 Å². The Bertz CT molecular complexity index is 1580. The molecule has 13 heteroatoms. The van der Waals surface area contributed by atoms with Crippen molar-refractivity contribution in [3.05, 3.63) is 64.9 Å². The van der Waals surface area contributed by atoms with Crippen LogP contribution in [-0.4, -0.2) is 80.2 Å². The second-order valence-electron chi connectivity index (χ2n) is 11.5. The van der Waals surface area contributed by atoms with Gasteiger partial charge in [0.05, 0.1) is 19.9 Å². The van der Waals surface area contributed by atoms with Crippen LogP contribution in [0.2, 0.25) is 10.0 Å². The van der Waals surface area contributed by atoms with Gasteiger partial charge in [0.1, 0.15) is 39.5 Å². The lowest BCUT2D eigenvalue weighted by atomic mass is 10.0. The lowest BCUT2D eigenvalue weighted by molar-refractivity contribution is -0.114. The predicted molar refractivity (Wildman–Crippen MR) is 184 cm³/mol. The number of allylic oxidation sites excluding steroid dienone is 1. The fraction of sp³-hybridized carbons (Fsp3) is 0.394. The number of urea groups is 1. The molecule has 1 aromatic heterocycles. The van der Waals surface area contributed by atoms with Gasteiger partial charge < -0.3 is 29.9 Å². The number of ether oxygens (including phenoxy) is 2. The zero-order valence-corrected chi connectivity index (χ0v) is 28.0. The molecule has 0 spiro atoms. The molecule has 11 nitrogen and oxygen atoms in total. The van der Waals surface area contributed by atoms with Crippen molar-refractivity contribution in [1.29, 1.82) is 0 Å². The Morgan fingerprint density at radius 2 is 1.65 bits per heavy atom. The third kappa shape index (κ3) is 7.49. The molecule has 3 aromatic rings. The van der Waals surface area contributed by atoms with Crippen LogP contribution in [0, 0.1) is 0 Å². The van der Waals surface area contributed by atoms with Crippen LogP contribution in [0.25, 0.3) is 0 Å². The van der Waals surface area contributed by atoms with Crippen molar-refractivity contribution in [2.24, 2.45) is 0 Å². The minimum absolute atomic E-state index is 0.0868. The molecule has 1 aliphatic heterocycles. The van der Waals surface area contributed by atoms with E-state index in [2.05, 4.69) is 56.2 Å². The zero-order valence-electron chi connectivity index (χ0n) is 26.5. The number of ketones is 1. The highest BCUT2D eigenvalue weighted by atomic mass is 35.5. The number of carbonyl (C=O) groups is 2. The van der Waals surface area contributed by atoms with Crippen LogP contribution in [-0.2, 0) is 11.2 Å². The summed E-state index contributed by atoms with van der Waals surface area (Å²) in [6, 6.07) is 10.1. The normalized spacial score (nSPS) is 15.0. The average Bonchev–Trinajstić information content (AvgIpc) is 3.93. The van der Waals surface area contributed by atoms with Crippen molar-refractivity contribution in [2.45, 2.75) is 44.2 Å². The van der Waals surface area contributed by atoms with E-state index in [1.807, 2.05) is 6.07 Å². The Balaban J connectivity index is 1.32. The summed E-state index contributed by atoms with van der Waals surface area (Å²) in [5, 5.41) is 6.27. The summed E-state index contributed by atoms with van der Waals surface area (Å²) in [6.45, 7) is 5.58. The van der Waals surface area contributed by atoms with E-state index in [0.717, 1.165) is 48.9 Å². The molecule has 0 radical (unpaired) electrons. The van der Waals surface area contributed by atoms with Gasteiger partial charge in [-0.15, -0.1) is 0 Å². The van der Waals surface area contributed by atoms with Gasteiger partial charge in [-0.1, -0.05) is 29.8 Å². The summed E-state index contributed by atoms with van der Waals surface area (Å²) in [7, 11) is 6.70. The van der Waals surface area contributed by atoms with Gasteiger partial charge >= 0.3 is 6.03 Å². The maximum Gasteiger partial charge on any atom is 0.327 e. The predicted octanol–water partition coefficient (Wildman–Crippen LogP) is 6.57. The quantitative estimate of drug-likeness (QED) is 0.207. The second kappa shape index (κ2) is 14.6. The Kier molecular flexibility index (Phi) is 10.6. The molecule has 46 heavy (non-hydrogen) atoms. The molecule has 2 N–H and O–H groups in total. The highest BCUT2D eigenvalue weighted by Crippen LogP contribution is 2.44. The lowest BCUT2D eigenvalue weighted by Gasteiger charge is -2.38. The van der Waals surface area contributed by atoms with Crippen LogP contribution in [0.1, 0.15) is 31.2 Å². The van der Waals surface area contributed by atoms with Gasteiger partial charge in [-0.25, -0.2) is 14.8 Å². The number of hydrogen-bond acceptors (Lipinski definition) is 9. The lowest BCUT2D eigenvalue weighted by Crippen LogP contribution is -2.44. The molecule has 1 saturated heterocycles. The van der Waals surface area contributed by atoms with Gasteiger partial charge in [-0.3, -0.25) is 9.69 Å². The first-order chi connectivity index (χ1) is 22.1. The van der Waals surface area contributed by atoms with Gasteiger partial charge in [0.15, 0.2) is 5.78 Å². The molecule has 244 valence electrons. The Morgan fingerprint density at radius 1 is 1.00 bits per heavy atom. The van der Waals surface area contributed by atoms with E-state index in [0.29, 0.717) is 17.7 Å². The summed E-state index contributed by atoms with van der Waals surface area (Å²) in [5.41, 5.74) is 2.76. The van der Waals surface area contributed by atoms with Crippen molar-refractivity contribution in [3.8, 4) is 11.5 Å². The molecule has 2 aliphatic rings. The third-order valence-corrected chi connectivity index (χ3v) is 9.33. The molecular formula is C33H39Cl2N7O4. The SMILES string of the molecule is C=CC(=O)Cc1cc(N2CCC(N(C)C3CC3)CC2)ccc1Nc1cc(N(C)C(=O)Nc2c(Cl)c(OC)cc(OC)c2Cl)ncn1. The summed E-state index contributed by atoms with van der Waals surface area (Å²) in [4.78, 5) is 40.6. The van der Waals surface area contributed by atoms with Crippen molar-refractivity contribution < 1.29 is 19.1 Å². The number of aromatic nitrogens is 2.